The predicted octanol–water partition coefficient (Wildman–Crippen LogP) is 1.95. The van der Waals surface area contributed by atoms with Gasteiger partial charge in [0.1, 0.15) is 6.04 Å². The predicted molar refractivity (Wildman–Crippen MR) is 83.4 cm³/mol. The average Bonchev–Trinajstić information content (AvgIpc) is 3.20. The zero-order valence-electron chi connectivity index (χ0n) is 13.4. The number of imidazole rings is 1. The second kappa shape index (κ2) is 5.94. The topological polar surface area (TPSA) is 56.0 Å². The standard InChI is InChI=1S/C16H23N5O/c1-12-9-13(2)21(18-12)10-15-5-4-7-20(15)16(22)14(3)19-8-6-17-11-19/h6,8-9,11,14-15H,4-5,7,10H2,1-3H3/t14-,15+/m0/s1. The van der Waals surface area contributed by atoms with Crippen LogP contribution in [0.25, 0.3) is 0 Å². The first kappa shape index (κ1) is 14.8. The van der Waals surface area contributed by atoms with Crippen LogP contribution in [0.2, 0.25) is 0 Å². The van der Waals surface area contributed by atoms with Crippen molar-refractivity contribution >= 4 is 5.91 Å². The molecule has 0 saturated carbocycles. The van der Waals surface area contributed by atoms with E-state index >= 15 is 0 Å². The number of amides is 1. The molecule has 118 valence electrons. The van der Waals surface area contributed by atoms with Gasteiger partial charge >= 0.3 is 0 Å². The van der Waals surface area contributed by atoms with Crippen LogP contribution in [0.1, 0.15) is 37.2 Å². The van der Waals surface area contributed by atoms with Gasteiger partial charge in [0.05, 0.1) is 24.6 Å². The second-order valence-corrected chi connectivity index (χ2v) is 6.12. The minimum atomic E-state index is -0.205. The van der Waals surface area contributed by atoms with E-state index in [4.69, 9.17) is 0 Å². The fourth-order valence-corrected chi connectivity index (χ4v) is 3.24. The van der Waals surface area contributed by atoms with Crippen molar-refractivity contribution in [2.75, 3.05) is 6.54 Å². The van der Waals surface area contributed by atoms with Crippen molar-refractivity contribution in [1.82, 2.24) is 24.2 Å². The fourth-order valence-electron chi connectivity index (χ4n) is 3.24. The molecule has 1 aliphatic rings. The molecule has 0 N–H and O–H groups in total. The van der Waals surface area contributed by atoms with Gasteiger partial charge in [-0.2, -0.15) is 5.10 Å². The molecule has 6 nitrogen and oxygen atoms in total. The Morgan fingerprint density at radius 2 is 2.27 bits per heavy atom. The Balaban J connectivity index is 1.72. The first-order chi connectivity index (χ1) is 10.6. The lowest BCUT2D eigenvalue weighted by Gasteiger charge is -2.28. The molecule has 0 aromatic carbocycles. The molecular weight excluding hydrogens is 278 g/mol. The van der Waals surface area contributed by atoms with Crippen molar-refractivity contribution in [2.24, 2.45) is 0 Å². The van der Waals surface area contributed by atoms with Gasteiger partial charge in [-0.15, -0.1) is 0 Å². The summed E-state index contributed by atoms with van der Waals surface area (Å²) in [6.07, 6.45) is 7.36. The number of aromatic nitrogens is 4. The Morgan fingerprint density at radius 1 is 1.45 bits per heavy atom. The first-order valence-electron chi connectivity index (χ1n) is 7.85. The molecule has 3 rings (SSSR count). The minimum Gasteiger partial charge on any atom is -0.336 e. The third-order valence-electron chi connectivity index (χ3n) is 4.48. The van der Waals surface area contributed by atoms with Crippen LogP contribution in [0.5, 0.6) is 0 Å². The fraction of sp³-hybridized carbons (Fsp3) is 0.562. The zero-order valence-corrected chi connectivity index (χ0v) is 13.4. The van der Waals surface area contributed by atoms with Gasteiger partial charge < -0.3 is 9.47 Å². The van der Waals surface area contributed by atoms with E-state index in [1.165, 1.54) is 0 Å². The lowest BCUT2D eigenvalue weighted by atomic mass is 10.2. The van der Waals surface area contributed by atoms with E-state index in [1.807, 2.05) is 34.2 Å². The second-order valence-electron chi connectivity index (χ2n) is 6.12. The molecule has 0 radical (unpaired) electrons. The number of aryl methyl sites for hydroxylation is 2. The monoisotopic (exact) mass is 301 g/mol. The lowest BCUT2D eigenvalue weighted by molar-refractivity contribution is -0.135. The molecule has 6 heteroatoms. The highest BCUT2D eigenvalue weighted by Crippen LogP contribution is 2.23. The van der Waals surface area contributed by atoms with Crippen molar-refractivity contribution < 1.29 is 4.79 Å². The molecule has 0 spiro atoms. The van der Waals surface area contributed by atoms with Crippen molar-refractivity contribution in [3.63, 3.8) is 0 Å². The minimum absolute atomic E-state index is 0.169. The SMILES string of the molecule is Cc1cc(C)n(C[C@H]2CCCN2C(=O)[C@H](C)n2ccnc2)n1. The van der Waals surface area contributed by atoms with Crippen LogP contribution in [0, 0.1) is 13.8 Å². The van der Waals surface area contributed by atoms with Gasteiger partial charge in [-0.1, -0.05) is 0 Å². The van der Waals surface area contributed by atoms with E-state index < -0.39 is 0 Å². The molecule has 2 aromatic rings. The van der Waals surface area contributed by atoms with Crippen LogP contribution < -0.4 is 0 Å². The highest BCUT2D eigenvalue weighted by molar-refractivity contribution is 5.80. The van der Waals surface area contributed by atoms with Gasteiger partial charge in [0, 0.05) is 24.6 Å². The summed E-state index contributed by atoms with van der Waals surface area (Å²) in [5.74, 6) is 0.169. The van der Waals surface area contributed by atoms with Gasteiger partial charge in [-0.3, -0.25) is 9.48 Å². The Bertz CT molecular complexity index is 646. The highest BCUT2D eigenvalue weighted by atomic mass is 16.2. The average molecular weight is 301 g/mol. The number of carbonyl (C=O) groups is 1. The van der Waals surface area contributed by atoms with Crippen LogP contribution in [0.15, 0.2) is 24.8 Å². The number of carbonyl (C=O) groups excluding carboxylic acids is 1. The van der Waals surface area contributed by atoms with Crippen LogP contribution in [0.3, 0.4) is 0 Å². The van der Waals surface area contributed by atoms with E-state index in [9.17, 15) is 4.79 Å². The summed E-state index contributed by atoms with van der Waals surface area (Å²) < 4.78 is 3.88. The molecule has 2 atom stereocenters. The summed E-state index contributed by atoms with van der Waals surface area (Å²) >= 11 is 0. The number of hydrogen-bond donors (Lipinski definition) is 0. The number of rotatable bonds is 4. The molecule has 1 amide bonds. The Hall–Kier alpha value is -2.11. The smallest absolute Gasteiger partial charge is 0.245 e. The molecular formula is C16H23N5O. The van der Waals surface area contributed by atoms with Crippen LogP contribution >= 0.6 is 0 Å². The van der Waals surface area contributed by atoms with Gasteiger partial charge in [-0.05, 0) is 39.7 Å². The summed E-state index contributed by atoms with van der Waals surface area (Å²) in [6.45, 7) is 7.62. The molecule has 1 saturated heterocycles. The molecule has 1 fully saturated rings. The third-order valence-corrected chi connectivity index (χ3v) is 4.48. The zero-order chi connectivity index (χ0) is 15.7. The summed E-state index contributed by atoms with van der Waals surface area (Å²) in [7, 11) is 0. The van der Waals surface area contributed by atoms with Crippen molar-refractivity contribution in [3.8, 4) is 0 Å². The van der Waals surface area contributed by atoms with E-state index in [-0.39, 0.29) is 18.0 Å². The normalized spacial score (nSPS) is 19.6. The Morgan fingerprint density at radius 3 is 2.91 bits per heavy atom. The Labute approximate surface area is 130 Å². The summed E-state index contributed by atoms with van der Waals surface area (Å²) in [5, 5.41) is 4.53. The van der Waals surface area contributed by atoms with Gasteiger partial charge in [0.2, 0.25) is 5.91 Å². The molecule has 3 heterocycles. The maximum absolute atomic E-state index is 12.8. The largest absolute Gasteiger partial charge is 0.336 e. The van der Waals surface area contributed by atoms with E-state index in [2.05, 4.69) is 23.1 Å². The van der Waals surface area contributed by atoms with E-state index in [0.717, 1.165) is 37.3 Å². The van der Waals surface area contributed by atoms with E-state index in [1.54, 1.807) is 12.5 Å². The van der Waals surface area contributed by atoms with Crippen molar-refractivity contribution in [2.45, 2.75) is 52.2 Å². The summed E-state index contributed by atoms with van der Waals surface area (Å²) in [4.78, 5) is 18.8. The van der Waals surface area contributed by atoms with Gasteiger partial charge in [0.25, 0.3) is 0 Å². The molecule has 1 aliphatic heterocycles. The lowest BCUT2D eigenvalue weighted by Crippen LogP contribution is -2.41. The Kier molecular flexibility index (Phi) is 4.00. The van der Waals surface area contributed by atoms with Gasteiger partial charge in [-0.25, -0.2) is 4.98 Å². The summed E-state index contributed by atoms with van der Waals surface area (Å²) in [6, 6.07) is 2.11. The maximum Gasteiger partial charge on any atom is 0.245 e. The first-order valence-corrected chi connectivity index (χ1v) is 7.85. The van der Waals surface area contributed by atoms with Crippen molar-refractivity contribution in [1.29, 1.82) is 0 Å². The molecule has 0 bridgehead atoms. The number of likely N-dealkylation sites (tertiary alicyclic amines) is 1. The highest BCUT2D eigenvalue weighted by Gasteiger charge is 2.32. The van der Waals surface area contributed by atoms with Crippen molar-refractivity contribution in [3.05, 3.63) is 36.2 Å². The molecule has 0 aliphatic carbocycles. The molecule has 0 unspecified atom stereocenters. The third kappa shape index (κ3) is 2.77. The van der Waals surface area contributed by atoms with Gasteiger partial charge in [0.15, 0.2) is 0 Å². The quantitative estimate of drug-likeness (QED) is 0.867. The summed E-state index contributed by atoms with van der Waals surface area (Å²) in [5.41, 5.74) is 2.18. The van der Waals surface area contributed by atoms with Crippen LogP contribution in [-0.4, -0.2) is 42.7 Å². The van der Waals surface area contributed by atoms with Crippen LogP contribution in [-0.2, 0) is 11.3 Å². The maximum atomic E-state index is 12.8. The number of hydrogen-bond acceptors (Lipinski definition) is 3. The van der Waals surface area contributed by atoms with E-state index in [0.29, 0.717) is 0 Å². The molecule has 2 aromatic heterocycles. The number of nitrogens with zero attached hydrogens (tertiary/aromatic N) is 5. The molecule has 22 heavy (non-hydrogen) atoms. The van der Waals surface area contributed by atoms with Crippen LogP contribution in [0.4, 0.5) is 0 Å².